The van der Waals surface area contributed by atoms with Gasteiger partial charge in [0.25, 0.3) is 0 Å². The fourth-order valence-electron chi connectivity index (χ4n) is 2.09. The highest BCUT2D eigenvalue weighted by Crippen LogP contribution is 2.26. The molecule has 1 heterocycles. The van der Waals surface area contributed by atoms with Gasteiger partial charge < -0.3 is 25.7 Å². The number of hydrogen-bond acceptors (Lipinski definition) is 5. The standard InChI is InChI=1S/C12H16ClN3O3/c13-8-1-2-11(10(5-8)12(14)15-18)16-3-4-19-9(6-16)7-17/h1-2,5,9,17-18H,3-4,6-7H2,(H2,14,15). The molecule has 1 aliphatic heterocycles. The number of nitrogens with two attached hydrogens (primary N) is 1. The Hall–Kier alpha value is -1.50. The minimum absolute atomic E-state index is 0.00420. The van der Waals surface area contributed by atoms with Gasteiger partial charge in [0.05, 0.1) is 19.3 Å². The van der Waals surface area contributed by atoms with Crippen molar-refractivity contribution in [2.24, 2.45) is 10.9 Å². The number of aliphatic hydroxyl groups is 1. The van der Waals surface area contributed by atoms with Crippen LogP contribution in [-0.2, 0) is 4.74 Å². The van der Waals surface area contributed by atoms with E-state index in [1.54, 1.807) is 12.1 Å². The number of oxime groups is 1. The third-order valence-corrected chi connectivity index (χ3v) is 3.26. The topological polar surface area (TPSA) is 91.3 Å². The maximum absolute atomic E-state index is 9.16. The number of anilines is 1. The van der Waals surface area contributed by atoms with Crippen LogP contribution in [0, 0.1) is 0 Å². The van der Waals surface area contributed by atoms with Gasteiger partial charge in [0.1, 0.15) is 0 Å². The molecule has 104 valence electrons. The van der Waals surface area contributed by atoms with Gasteiger partial charge in [0, 0.05) is 29.4 Å². The second kappa shape index (κ2) is 6.10. The first-order chi connectivity index (χ1) is 9.15. The van der Waals surface area contributed by atoms with E-state index in [1.807, 2.05) is 11.0 Å². The van der Waals surface area contributed by atoms with Crippen LogP contribution < -0.4 is 10.6 Å². The fourth-order valence-corrected chi connectivity index (χ4v) is 2.26. The van der Waals surface area contributed by atoms with E-state index in [-0.39, 0.29) is 18.5 Å². The van der Waals surface area contributed by atoms with Crippen LogP contribution in [0.15, 0.2) is 23.4 Å². The van der Waals surface area contributed by atoms with Crippen molar-refractivity contribution >= 4 is 23.1 Å². The predicted octanol–water partition coefficient (Wildman–Crippen LogP) is 0.632. The normalized spacial score (nSPS) is 20.6. The third-order valence-electron chi connectivity index (χ3n) is 3.03. The van der Waals surface area contributed by atoms with Gasteiger partial charge in [0.2, 0.25) is 0 Å². The van der Waals surface area contributed by atoms with Crippen molar-refractivity contribution in [3.63, 3.8) is 0 Å². The highest BCUT2D eigenvalue weighted by Gasteiger charge is 2.22. The van der Waals surface area contributed by atoms with Crippen LogP contribution in [0.1, 0.15) is 5.56 Å². The van der Waals surface area contributed by atoms with E-state index >= 15 is 0 Å². The maximum atomic E-state index is 9.16. The lowest BCUT2D eigenvalue weighted by Gasteiger charge is -2.34. The van der Waals surface area contributed by atoms with E-state index in [1.165, 1.54) is 0 Å². The smallest absolute Gasteiger partial charge is 0.172 e. The summed E-state index contributed by atoms with van der Waals surface area (Å²) in [7, 11) is 0. The van der Waals surface area contributed by atoms with E-state index in [2.05, 4.69) is 5.16 Å². The second-order valence-corrected chi connectivity index (χ2v) is 4.70. The molecule has 6 nitrogen and oxygen atoms in total. The molecule has 1 atom stereocenters. The third kappa shape index (κ3) is 3.09. The molecule has 1 saturated heterocycles. The van der Waals surface area contributed by atoms with Gasteiger partial charge in [-0.05, 0) is 18.2 Å². The van der Waals surface area contributed by atoms with Gasteiger partial charge in [-0.25, -0.2) is 0 Å². The monoisotopic (exact) mass is 285 g/mol. The number of rotatable bonds is 3. The summed E-state index contributed by atoms with van der Waals surface area (Å²) in [4.78, 5) is 2.02. The van der Waals surface area contributed by atoms with Gasteiger partial charge >= 0.3 is 0 Å². The van der Waals surface area contributed by atoms with Crippen molar-refractivity contribution in [1.29, 1.82) is 0 Å². The molecular weight excluding hydrogens is 270 g/mol. The van der Waals surface area contributed by atoms with Crippen molar-refractivity contribution in [1.82, 2.24) is 0 Å². The Bertz CT molecular complexity index is 481. The van der Waals surface area contributed by atoms with Crippen molar-refractivity contribution in [3.8, 4) is 0 Å². The van der Waals surface area contributed by atoms with E-state index in [4.69, 9.17) is 32.4 Å². The first-order valence-electron chi connectivity index (χ1n) is 5.90. The quantitative estimate of drug-likeness (QED) is 0.328. The minimum atomic E-state index is -0.232. The summed E-state index contributed by atoms with van der Waals surface area (Å²) < 4.78 is 5.40. The lowest BCUT2D eigenvalue weighted by atomic mass is 10.1. The summed E-state index contributed by atoms with van der Waals surface area (Å²) in [6, 6.07) is 5.21. The zero-order valence-corrected chi connectivity index (χ0v) is 11.0. The first-order valence-corrected chi connectivity index (χ1v) is 6.28. The summed E-state index contributed by atoms with van der Waals surface area (Å²) in [5.41, 5.74) is 7.04. The Labute approximate surface area is 116 Å². The number of aliphatic hydroxyl groups excluding tert-OH is 1. The molecule has 4 N–H and O–H groups in total. The van der Waals surface area contributed by atoms with Crippen LogP contribution in [0.3, 0.4) is 0 Å². The molecule has 19 heavy (non-hydrogen) atoms. The predicted molar refractivity (Wildman–Crippen MR) is 73.0 cm³/mol. The molecular formula is C12H16ClN3O3. The molecule has 0 amide bonds. The Morgan fingerprint density at radius 3 is 3.05 bits per heavy atom. The first kappa shape index (κ1) is 13.9. The van der Waals surface area contributed by atoms with Crippen molar-refractivity contribution in [3.05, 3.63) is 28.8 Å². The lowest BCUT2D eigenvalue weighted by molar-refractivity contribution is 0.00356. The van der Waals surface area contributed by atoms with Crippen LogP contribution in [0.5, 0.6) is 0 Å². The maximum Gasteiger partial charge on any atom is 0.172 e. The summed E-state index contributed by atoms with van der Waals surface area (Å²) in [6.45, 7) is 1.69. The molecule has 2 rings (SSSR count). The van der Waals surface area contributed by atoms with Gasteiger partial charge in [-0.3, -0.25) is 0 Å². The van der Waals surface area contributed by atoms with Crippen LogP contribution in [0.4, 0.5) is 5.69 Å². The summed E-state index contributed by atoms with van der Waals surface area (Å²) in [5.74, 6) is 0.00420. The van der Waals surface area contributed by atoms with Crippen molar-refractivity contribution in [2.75, 3.05) is 31.2 Å². The Morgan fingerprint density at radius 2 is 2.37 bits per heavy atom. The van der Waals surface area contributed by atoms with Gasteiger partial charge in [-0.15, -0.1) is 0 Å². The number of hydrogen-bond donors (Lipinski definition) is 3. The Balaban J connectivity index is 2.33. The molecule has 1 aromatic rings. The number of ether oxygens (including phenoxy) is 1. The van der Waals surface area contributed by atoms with E-state index in [0.717, 1.165) is 5.69 Å². The van der Waals surface area contributed by atoms with Gasteiger partial charge in [-0.2, -0.15) is 0 Å². The lowest BCUT2D eigenvalue weighted by Crippen LogP contribution is -2.44. The highest BCUT2D eigenvalue weighted by molar-refractivity contribution is 6.31. The molecule has 7 heteroatoms. The van der Waals surface area contributed by atoms with Gasteiger partial charge in [0.15, 0.2) is 5.84 Å². The molecule has 1 unspecified atom stereocenters. The number of halogens is 1. The molecule has 0 saturated carbocycles. The largest absolute Gasteiger partial charge is 0.409 e. The van der Waals surface area contributed by atoms with Crippen LogP contribution in [0.25, 0.3) is 0 Å². The van der Waals surface area contributed by atoms with Crippen molar-refractivity contribution < 1.29 is 15.1 Å². The van der Waals surface area contributed by atoms with E-state index in [9.17, 15) is 0 Å². The Morgan fingerprint density at radius 1 is 1.58 bits per heavy atom. The van der Waals surface area contributed by atoms with Crippen LogP contribution >= 0.6 is 11.6 Å². The molecule has 0 radical (unpaired) electrons. The molecule has 0 bridgehead atoms. The van der Waals surface area contributed by atoms with Crippen LogP contribution in [0.2, 0.25) is 5.02 Å². The van der Waals surface area contributed by atoms with E-state index in [0.29, 0.717) is 30.3 Å². The molecule has 0 aromatic heterocycles. The molecule has 0 aliphatic carbocycles. The average Bonchev–Trinajstić information content (AvgIpc) is 2.46. The van der Waals surface area contributed by atoms with Crippen molar-refractivity contribution in [2.45, 2.75) is 6.10 Å². The second-order valence-electron chi connectivity index (χ2n) is 4.27. The fraction of sp³-hybridized carbons (Fsp3) is 0.417. The number of benzene rings is 1. The number of morpholine rings is 1. The van der Waals surface area contributed by atoms with E-state index < -0.39 is 0 Å². The zero-order chi connectivity index (χ0) is 13.8. The molecule has 1 aliphatic rings. The highest BCUT2D eigenvalue weighted by atomic mass is 35.5. The SMILES string of the molecule is N/C(=N/O)c1cc(Cl)ccc1N1CCOC(CO)C1. The summed E-state index contributed by atoms with van der Waals surface area (Å²) in [6.07, 6.45) is -0.232. The Kier molecular flexibility index (Phi) is 4.47. The zero-order valence-electron chi connectivity index (χ0n) is 10.3. The molecule has 1 fully saturated rings. The number of nitrogens with zero attached hydrogens (tertiary/aromatic N) is 2. The number of amidine groups is 1. The van der Waals surface area contributed by atoms with Gasteiger partial charge in [-0.1, -0.05) is 16.8 Å². The molecule has 1 aromatic carbocycles. The average molecular weight is 286 g/mol. The summed E-state index contributed by atoms with van der Waals surface area (Å²) in [5, 5.41) is 21.5. The molecule has 0 spiro atoms. The summed E-state index contributed by atoms with van der Waals surface area (Å²) >= 11 is 5.94. The minimum Gasteiger partial charge on any atom is -0.409 e. The van der Waals surface area contributed by atoms with Crippen LogP contribution in [-0.4, -0.2) is 48.6 Å².